The average molecular weight is 632 g/mol. The smallest absolute Gasteiger partial charge is 0.171 e. The minimum absolute atomic E-state index is 0.125. The Balaban J connectivity index is 1.30. The van der Waals surface area contributed by atoms with Crippen molar-refractivity contribution in [1.82, 2.24) is 5.32 Å². The molecule has 5 N–H and O–H groups in total. The number of aromatic nitrogens is 1. The third-order valence-electron chi connectivity index (χ3n) is 6.81. The third-order valence-corrected chi connectivity index (χ3v) is 9.22. The van der Waals surface area contributed by atoms with Crippen molar-refractivity contribution in [2.45, 2.75) is 27.3 Å². The first kappa shape index (κ1) is 35.1. The molecule has 0 aliphatic rings. The maximum atomic E-state index is 9.08. The van der Waals surface area contributed by atoms with Crippen molar-refractivity contribution >= 4 is 50.7 Å². The topological polar surface area (TPSA) is 80.4 Å². The van der Waals surface area contributed by atoms with E-state index in [9.17, 15) is 0 Å². The summed E-state index contributed by atoms with van der Waals surface area (Å²) in [5, 5.41) is 28.1. The van der Waals surface area contributed by atoms with Crippen molar-refractivity contribution < 1.29 is 14.8 Å². The van der Waals surface area contributed by atoms with E-state index >= 15 is 0 Å². The van der Waals surface area contributed by atoms with Gasteiger partial charge >= 0.3 is 0 Å². The normalized spacial score (nSPS) is 12.5. The van der Waals surface area contributed by atoms with Gasteiger partial charge in [0.05, 0.1) is 6.61 Å². The molecule has 3 aromatic rings. The minimum Gasteiger partial charge on any atom is -0.395 e. The van der Waals surface area contributed by atoms with Crippen molar-refractivity contribution in [2.75, 3.05) is 55.0 Å². The lowest BCUT2D eigenvalue weighted by molar-refractivity contribution is -0.698. The van der Waals surface area contributed by atoms with E-state index in [4.69, 9.17) is 10.2 Å². The first-order valence-electron chi connectivity index (χ1n) is 15.1. The van der Waals surface area contributed by atoms with Crippen molar-refractivity contribution in [1.29, 1.82) is 0 Å². The van der Waals surface area contributed by atoms with Crippen LogP contribution in [0.2, 0.25) is 0 Å². The molecule has 0 saturated carbocycles. The summed E-state index contributed by atoms with van der Waals surface area (Å²) < 4.78 is 1.98. The van der Waals surface area contributed by atoms with Gasteiger partial charge in [0.2, 0.25) is 0 Å². The quantitative estimate of drug-likeness (QED) is 0.0427. The number of nitrogens with zero attached hydrogens (tertiary/aromatic N) is 1. The number of benzene rings is 2. The molecule has 0 aliphatic carbocycles. The SMILES string of the molecule is CC=C(C=CNCCO)C(C)=Cc1ccc(NCCSSCCNc2ccc(C=C(C)c3cc[n+](CCO)cc3)cc2)cc1. The van der Waals surface area contributed by atoms with E-state index in [1.807, 2.05) is 57.7 Å². The van der Waals surface area contributed by atoms with E-state index in [0.717, 1.165) is 41.5 Å². The first-order valence-corrected chi connectivity index (χ1v) is 17.6. The summed E-state index contributed by atoms with van der Waals surface area (Å²) in [5.41, 5.74) is 9.35. The highest BCUT2D eigenvalue weighted by Crippen LogP contribution is 2.22. The van der Waals surface area contributed by atoms with Crippen LogP contribution in [0.4, 0.5) is 11.4 Å². The van der Waals surface area contributed by atoms with Crippen LogP contribution in [-0.2, 0) is 6.54 Å². The molecule has 0 saturated heterocycles. The summed E-state index contributed by atoms with van der Waals surface area (Å²) in [6.45, 7) is 9.56. The fraction of sp³-hybridized carbons (Fsp3) is 0.306. The van der Waals surface area contributed by atoms with Crippen molar-refractivity contribution in [2.24, 2.45) is 0 Å². The zero-order valence-corrected chi connectivity index (χ0v) is 27.8. The molecule has 0 radical (unpaired) electrons. The van der Waals surface area contributed by atoms with E-state index in [1.54, 1.807) is 0 Å². The summed E-state index contributed by atoms with van der Waals surface area (Å²) in [7, 11) is 3.79. The van der Waals surface area contributed by atoms with Gasteiger partial charge in [0, 0.05) is 54.6 Å². The fourth-order valence-corrected chi connectivity index (χ4v) is 6.20. The molecule has 1 heterocycles. The predicted molar refractivity (Wildman–Crippen MR) is 194 cm³/mol. The molecule has 2 aromatic carbocycles. The Hall–Kier alpha value is -3.43. The minimum atomic E-state index is 0.125. The lowest BCUT2D eigenvalue weighted by Gasteiger charge is -2.08. The highest BCUT2D eigenvalue weighted by atomic mass is 33.1. The number of anilines is 2. The molecule has 0 amide bonds. The van der Waals surface area contributed by atoms with Gasteiger partial charge < -0.3 is 26.2 Å². The number of hydrogen-bond acceptors (Lipinski definition) is 7. The van der Waals surface area contributed by atoms with E-state index in [1.165, 1.54) is 27.8 Å². The second-order valence-corrected chi connectivity index (χ2v) is 12.9. The lowest BCUT2D eigenvalue weighted by atomic mass is 10.0. The van der Waals surface area contributed by atoms with Crippen LogP contribution in [0.15, 0.2) is 103 Å². The molecule has 0 atom stereocenters. The van der Waals surface area contributed by atoms with Crippen LogP contribution >= 0.6 is 21.6 Å². The Morgan fingerprint density at radius 1 is 0.750 bits per heavy atom. The number of nitrogens with one attached hydrogen (secondary N) is 3. The molecule has 0 spiro atoms. The number of allylic oxidation sites excluding steroid dienone is 5. The van der Waals surface area contributed by atoms with E-state index in [-0.39, 0.29) is 13.2 Å². The van der Waals surface area contributed by atoms with Crippen LogP contribution in [0.25, 0.3) is 17.7 Å². The van der Waals surface area contributed by atoms with Crippen LogP contribution in [0.1, 0.15) is 37.5 Å². The highest BCUT2D eigenvalue weighted by Gasteiger charge is 2.03. The van der Waals surface area contributed by atoms with E-state index in [0.29, 0.717) is 13.1 Å². The Kier molecular flexibility index (Phi) is 16.3. The van der Waals surface area contributed by atoms with Gasteiger partial charge in [-0.2, -0.15) is 0 Å². The van der Waals surface area contributed by atoms with Crippen LogP contribution < -0.4 is 20.5 Å². The summed E-state index contributed by atoms with van der Waals surface area (Å²) in [6.07, 6.45) is 14.4. The van der Waals surface area contributed by atoms with Crippen LogP contribution in [0.5, 0.6) is 0 Å². The summed E-state index contributed by atoms with van der Waals surface area (Å²) >= 11 is 0. The summed E-state index contributed by atoms with van der Waals surface area (Å²) in [6, 6.07) is 21.3. The van der Waals surface area contributed by atoms with Crippen LogP contribution in [-0.4, -0.2) is 54.6 Å². The average Bonchev–Trinajstić information content (AvgIpc) is 3.04. The highest BCUT2D eigenvalue weighted by molar-refractivity contribution is 8.76. The number of pyridine rings is 1. The Bertz CT molecular complexity index is 1370. The van der Waals surface area contributed by atoms with Crippen molar-refractivity contribution in [3.63, 3.8) is 0 Å². The van der Waals surface area contributed by atoms with Gasteiger partial charge in [-0.05, 0) is 90.7 Å². The maximum Gasteiger partial charge on any atom is 0.171 e. The summed E-state index contributed by atoms with van der Waals surface area (Å²) in [4.78, 5) is 0. The number of hydrogen-bond donors (Lipinski definition) is 5. The molecule has 1 aromatic heterocycles. The van der Waals surface area contributed by atoms with Gasteiger partial charge in [0.25, 0.3) is 0 Å². The molecule has 8 heteroatoms. The zero-order valence-electron chi connectivity index (χ0n) is 26.1. The molecular formula is C36H47N4O2S2+. The first-order chi connectivity index (χ1) is 21.5. The Labute approximate surface area is 271 Å². The monoisotopic (exact) mass is 631 g/mol. The fourth-order valence-electron chi connectivity index (χ4n) is 4.39. The predicted octanol–water partition coefficient (Wildman–Crippen LogP) is 6.88. The molecule has 6 nitrogen and oxygen atoms in total. The lowest BCUT2D eigenvalue weighted by Crippen LogP contribution is -2.34. The van der Waals surface area contributed by atoms with Gasteiger partial charge in [0.1, 0.15) is 6.61 Å². The third kappa shape index (κ3) is 13.1. The Morgan fingerprint density at radius 3 is 1.84 bits per heavy atom. The molecule has 0 aliphatic heterocycles. The standard InChI is InChI=1S/C36H46N4O2S2/c1-4-33(13-16-37-17-23-41)29(2)27-31-5-9-35(10-6-31)38-18-25-43-44-26-19-39-36-11-7-32(8-12-36)28-30(3)34-14-20-40(21-15-34)22-24-42/h4-16,20-21,27-28,37-38,41-42H,17-19,22-26H2,1-3H3/p+1. The number of aliphatic hydroxyl groups excluding tert-OH is 2. The molecular weight excluding hydrogens is 585 g/mol. The molecule has 3 rings (SSSR count). The van der Waals surface area contributed by atoms with Gasteiger partial charge in [-0.25, -0.2) is 4.57 Å². The van der Waals surface area contributed by atoms with E-state index in [2.05, 4.69) is 109 Å². The zero-order chi connectivity index (χ0) is 31.4. The second-order valence-electron chi connectivity index (χ2n) is 10.2. The van der Waals surface area contributed by atoms with E-state index < -0.39 is 0 Å². The molecule has 0 bridgehead atoms. The number of rotatable bonds is 19. The van der Waals surface area contributed by atoms with Gasteiger partial charge in [0.15, 0.2) is 18.9 Å². The number of aliphatic hydroxyl groups is 2. The van der Waals surface area contributed by atoms with Gasteiger partial charge in [-0.3, -0.25) is 0 Å². The molecule has 0 unspecified atom stereocenters. The van der Waals surface area contributed by atoms with Crippen LogP contribution in [0.3, 0.4) is 0 Å². The molecule has 44 heavy (non-hydrogen) atoms. The Morgan fingerprint density at radius 2 is 1.32 bits per heavy atom. The largest absolute Gasteiger partial charge is 0.395 e. The van der Waals surface area contributed by atoms with Crippen molar-refractivity contribution in [3.8, 4) is 0 Å². The van der Waals surface area contributed by atoms with Crippen LogP contribution in [0, 0.1) is 0 Å². The summed E-state index contributed by atoms with van der Waals surface area (Å²) in [5.74, 6) is 2.08. The van der Waals surface area contributed by atoms with Gasteiger partial charge in [-0.1, -0.05) is 64.1 Å². The second kappa shape index (κ2) is 20.5. The molecule has 0 fully saturated rings. The van der Waals surface area contributed by atoms with Gasteiger partial charge in [-0.15, -0.1) is 0 Å². The maximum absolute atomic E-state index is 9.08. The molecule has 234 valence electrons. The van der Waals surface area contributed by atoms with Crippen molar-refractivity contribution in [3.05, 3.63) is 119 Å².